The molecule has 1 atom stereocenters. The Kier molecular flexibility index (Phi) is 4.41. The molecular formula is C14H19BrFNO. The van der Waals surface area contributed by atoms with Crippen LogP contribution in [0.15, 0.2) is 22.7 Å². The van der Waals surface area contributed by atoms with Crippen LogP contribution in [0.4, 0.5) is 4.39 Å². The molecule has 1 aliphatic carbocycles. The van der Waals surface area contributed by atoms with Crippen LogP contribution in [-0.2, 0) is 6.42 Å². The second-order valence-corrected chi connectivity index (χ2v) is 6.29. The highest BCUT2D eigenvalue weighted by molar-refractivity contribution is 9.10. The van der Waals surface area contributed by atoms with Crippen LogP contribution >= 0.6 is 15.9 Å². The van der Waals surface area contributed by atoms with Crippen LogP contribution in [0.2, 0.25) is 0 Å². The highest BCUT2D eigenvalue weighted by Crippen LogP contribution is 2.41. The third-order valence-corrected chi connectivity index (χ3v) is 4.36. The first kappa shape index (κ1) is 14.0. The van der Waals surface area contributed by atoms with E-state index in [0.717, 1.165) is 12.0 Å². The standard InChI is InChI=1S/C14H19BrFNO/c15-12-5-11(3-4-13(12)16)7-14(8-17,9-18)6-10-1-2-10/h3-5,10,18H,1-2,6-9,17H2. The van der Waals surface area contributed by atoms with E-state index >= 15 is 0 Å². The Morgan fingerprint density at radius 1 is 1.44 bits per heavy atom. The summed E-state index contributed by atoms with van der Waals surface area (Å²) in [7, 11) is 0. The molecule has 0 radical (unpaired) electrons. The van der Waals surface area contributed by atoms with Gasteiger partial charge in [0.1, 0.15) is 5.82 Å². The Morgan fingerprint density at radius 2 is 2.17 bits per heavy atom. The maximum absolute atomic E-state index is 13.2. The first-order chi connectivity index (χ1) is 8.58. The predicted molar refractivity (Wildman–Crippen MR) is 73.7 cm³/mol. The Bertz CT molecular complexity index is 416. The van der Waals surface area contributed by atoms with Crippen LogP contribution in [0, 0.1) is 17.2 Å². The summed E-state index contributed by atoms with van der Waals surface area (Å²) < 4.78 is 13.7. The summed E-state index contributed by atoms with van der Waals surface area (Å²) in [6.45, 7) is 0.560. The fourth-order valence-electron chi connectivity index (χ4n) is 2.43. The van der Waals surface area contributed by atoms with Crippen LogP contribution in [0.3, 0.4) is 0 Å². The zero-order valence-electron chi connectivity index (χ0n) is 10.3. The molecule has 0 saturated heterocycles. The van der Waals surface area contributed by atoms with Gasteiger partial charge in [0.05, 0.1) is 11.1 Å². The molecule has 0 aromatic heterocycles. The number of halogens is 2. The lowest BCUT2D eigenvalue weighted by Crippen LogP contribution is -2.37. The third kappa shape index (κ3) is 3.31. The molecule has 1 unspecified atom stereocenters. The van der Waals surface area contributed by atoms with Crippen molar-refractivity contribution in [2.45, 2.75) is 25.7 Å². The minimum Gasteiger partial charge on any atom is -0.396 e. The summed E-state index contributed by atoms with van der Waals surface area (Å²) in [5.74, 6) is 0.452. The topological polar surface area (TPSA) is 46.2 Å². The zero-order valence-corrected chi connectivity index (χ0v) is 11.9. The molecule has 0 spiro atoms. The average Bonchev–Trinajstić information content (AvgIpc) is 3.17. The Morgan fingerprint density at radius 3 is 2.67 bits per heavy atom. The lowest BCUT2D eigenvalue weighted by molar-refractivity contribution is 0.115. The summed E-state index contributed by atoms with van der Waals surface area (Å²) >= 11 is 3.19. The number of hydrogen-bond donors (Lipinski definition) is 2. The number of rotatable bonds is 6. The fraction of sp³-hybridized carbons (Fsp3) is 0.571. The molecule has 1 saturated carbocycles. The van der Waals surface area contributed by atoms with Crippen molar-refractivity contribution in [2.24, 2.45) is 17.1 Å². The lowest BCUT2D eigenvalue weighted by atomic mass is 9.78. The van der Waals surface area contributed by atoms with Crippen molar-refractivity contribution in [1.82, 2.24) is 0 Å². The van der Waals surface area contributed by atoms with Gasteiger partial charge in [-0.2, -0.15) is 0 Å². The van der Waals surface area contributed by atoms with Gasteiger partial charge < -0.3 is 10.8 Å². The van der Waals surface area contributed by atoms with Crippen molar-refractivity contribution in [3.63, 3.8) is 0 Å². The van der Waals surface area contributed by atoms with Crippen molar-refractivity contribution < 1.29 is 9.50 Å². The van der Waals surface area contributed by atoms with Crippen molar-refractivity contribution in [3.05, 3.63) is 34.1 Å². The van der Waals surface area contributed by atoms with E-state index in [2.05, 4.69) is 15.9 Å². The first-order valence-electron chi connectivity index (χ1n) is 6.33. The van der Waals surface area contributed by atoms with E-state index in [1.807, 2.05) is 0 Å². The van der Waals surface area contributed by atoms with E-state index in [-0.39, 0.29) is 17.8 Å². The summed E-state index contributed by atoms with van der Waals surface area (Å²) in [5.41, 5.74) is 6.63. The molecule has 1 aliphatic rings. The molecule has 2 nitrogen and oxygen atoms in total. The molecule has 1 aromatic rings. The molecule has 0 bridgehead atoms. The van der Waals surface area contributed by atoms with Crippen molar-refractivity contribution >= 4 is 15.9 Å². The third-order valence-electron chi connectivity index (χ3n) is 3.75. The molecule has 0 aliphatic heterocycles. The van der Waals surface area contributed by atoms with Crippen molar-refractivity contribution in [1.29, 1.82) is 0 Å². The quantitative estimate of drug-likeness (QED) is 0.848. The van der Waals surface area contributed by atoms with Gasteiger partial charge in [0.15, 0.2) is 0 Å². The van der Waals surface area contributed by atoms with Gasteiger partial charge in [-0.05, 0) is 52.4 Å². The molecule has 100 valence electrons. The van der Waals surface area contributed by atoms with Gasteiger partial charge in [0, 0.05) is 12.0 Å². The minimum atomic E-state index is -0.261. The van der Waals surface area contributed by atoms with Gasteiger partial charge in [-0.3, -0.25) is 0 Å². The Balaban J connectivity index is 2.13. The van der Waals surface area contributed by atoms with Gasteiger partial charge in [-0.25, -0.2) is 4.39 Å². The zero-order chi connectivity index (χ0) is 13.2. The molecule has 4 heteroatoms. The van der Waals surface area contributed by atoms with E-state index in [0.29, 0.717) is 23.4 Å². The van der Waals surface area contributed by atoms with E-state index < -0.39 is 0 Å². The highest BCUT2D eigenvalue weighted by atomic mass is 79.9. The van der Waals surface area contributed by atoms with E-state index in [1.165, 1.54) is 18.9 Å². The molecule has 0 heterocycles. The minimum absolute atomic E-state index is 0.0923. The van der Waals surface area contributed by atoms with Crippen molar-refractivity contribution in [3.8, 4) is 0 Å². The fourth-order valence-corrected chi connectivity index (χ4v) is 2.86. The smallest absolute Gasteiger partial charge is 0.137 e. The molecule has 1 fully saturated rings. The SMILES string of the molecule is NCC(CO)(Cc1ccc(F)c(Br)c1)CC1CC1. The monoisotopic (exact) mass is 315 g/mol. The summed E-state index contributed by atoms with van der Waals surface area (Å²) in [4.78, 5) is 0. The van der Waals surface area contributed by atoms with Gasteiger partial charge in [-0.1, -0.05) is 18.9 Å². The second-order valence-electron chi connectivity index (χ2n) is 5.43. The van der Waals surface area contributed by atoms with Crippen LogP contribution in [0.5, 0.6) is 0 Å². The number of nitrogens with two attached hydrogens (primary N) is 1. The van der Waals surface area contributed by atoms with Gasteiger partial charge in [-0.15, -0.1) is 0 Å². The largest absolute Gasteiger partial charge is 0.396 e. The highest BCUT2D eigenvalue weighted by Gasteiger charge is 2.35. The summed E-state index contributed by atoms with van der Waals surface area (Å²) in [6.07, 6.45) is 4.16. The molecule has 3 N–H and O–H groups in total. The van der Waals surface area contributed by atoms with E-state index in [1.54, 1.807) is 12.1 Å². The average molecular weight is 316 g/mol. The predicted octanol–water partition coefficient (Wildman–Crippen LogP) is 2.87. The second kappa shape index (κ2) is 5.68. The molecule has 0 amide bonds. The summed E-state index contributed by atoms with van der Waals surface area (Å²) in [6, 6.07) is 5.00. The van der Waals surface area contributed by atoms with Gasteiger partial charge in [0.25, 0.3) is 0 Å². The van der Waals surface area contributed by atoms with Crippen LogP contribution in [0.1, 0.15) is 24.8 Å². The van der Waals surface area contributed by atoms with Gasteiger partial charge in [0.2, 0.25) is 0 Å². The van der Waals surface area contributed by atoms with Crippen LogP contribution < -0.4 is 5.73 Å². The number of benzene rings is 1. The molecule has 18 heavy (non-hydrogen) atoms. The summed E-state index contributed by atoms with van der Waals surface area (Å²) in [5, 5.41) is 9.67. The Hall–Kier alpha value is -0.450. The van der Waals surface area contributed by atoms with Crippen molar-refractivity contribution in [2.75, 3.05) is 13.2 Å². The van der Waals surface area contributed by atoms with Crippen LogP contribution in [-0.4, -0.2) is 18.3 Å². The molecule has 1 aromatic carbocycles. The number of hydrogen-bond acceptors (Lipinski definition) is 2. The lowest BCUT2D eigenvalue weighted by Gasteiger charge is -2.31. The van der Waals surface area contributed by atoms with E-state index in [4.69, 9.17) is 5.73 Å². The molecule has 2 rings (SSSR count). The molecular weight excluding hydrogens is 297 g/mol. The van der Waals surface area contributed by atoms with Crippen LogP contribution in [0.25, 0.3) is 0 Å². The normalized spacial score (nSPS) is 18.7. The van der Waals surface area contributed by atoms with E-state index in [9.17, 15) is 9.50 Å². The number of aliphatic hydroxyl groups is 1. The maximum Gasteiger partial charge on any atom is 0.137 e. The maximum atomic E-state index is 13.2. The Labute approximate surface area is 116 Å². The number of aliphatic hydroxyl groups excluding tert-OH is 1. The first-order valence-corrected chi connectivity index (χ1v) is 7.13. The van der Waals surface area contributed by atoms with Gasteiger partial charge >= 0.3 is 0 Å².